The van der Waals surface area contributed by atoms with E-state index in [4.69, 9.17) is 9.49 Å². The van der Waals surface area contributed by atoms with Gasteiger partial charge >= 0.3 is 7.48 Å². The second kappa shape index (κ2) is 3.89. The second-order valence-corrected chi connectivity index (χ2v) is 1.58. The van der Waals surface area contributed by atoms with Crippen molar-refractivity contribution in [3.8, 4) is 0 Å². The van der Waals surface area contributed by atoms with Gasteiger partial charge in [-0.15, -0.1) is 0 Å². The first-order chi connectivity index (χ1) is 4.00. The Hall–Kier alpha value is -0.0551. The fraction of sp³-hybridized carbons (Fsp3) is 1.00. The lowest BCUT2D eigenvalue weighted by Crippen LogP contribution is -2.25. The van der Waals surface area contributed by atoms with Crippen molar-refractivity contribution in [2.75, 3.05) is 19.8 Å². The molecule has 8 heavy (non-hydrogen) atoms. The Kier molecular flexibility index (Phi) is 2.95. The zero-order valence-electron chi connectivity index (χ0n) is 4.72. The molecule has 0 aliphatic carbocycles. The van der Waals surface area contributed by atoms with Gasteiger partial charge in [0.2, 0.25) is 0 Å². The van der Waals surface area contributed by atoms with E-state index in [9.17, 15) is 0 Å². The third-order valence-corrected chi connectivity index (χ3v) is 0.895. The standard InChI is InChI=1S/C4H9BNO2/c1-3-7-4-2-6-8-5-1/h6H,1-4H2. The van der Waals surface area contributed by atoms with Gasteiger partial charge in [-0.1, -0.05) is 0 Å². The monoisotopic (exact) mass is 114 g/mol. The predicted octanol–water partition coefficient (Wildman–Crippen LogP) is -0.425. The van der Waals surface area contributed by atoms with E-state index in [0.717, 1.165) is 26.1 Å². The highest BCUT2D eigenvalue weighted by Gasteiger charge is 1.97. The van der Waals surface area contributed by atoms with E-state index in [1.54, 1.807) is 7.48 Å². The van der Waals surface area contributed by atoms with Gasteiger partial charge in [-0.25, -0.2) is 5.48 Å². The summed E-state index contributed by atoms with van der Waals surface area (Å²) in [6.07, 6.45) is 0.868. The molecule has 1 radical (unpaired) electrons. The molecule has 0 atom stereocenters. The number of hydroxylamine groups is 1. The molecule has 0 bridgehead atoms. The van der Waals surface area contributed by atoms with Gasteiger partial charge in [-0.05, 0) is 6.32 Å². The van der Waals surface area contributed by atoms with Crippen LogP contribution in [0.25, 0.3) is 0 Å². The summed E-state index contributed by atoms with van der Waals surface area (Å²) < 4.78 is 9.92. The molecule has 1 heterocycles. The number of nitrogens with one attached hydrogen (secondary N) is 1. The molecule has 1 rings (SSSR count). The van der Waals surface area contributed by atoms with Gasteiger partial charge in [0.15, 0.2) is 0 Å². The number of rotatable bonds is 0. The lowest BCUT2D eigenvalue weighted by molar-refractivity contribution is 0.0941. The predicted molar refractivity (Wildman–Crippen MR) is 30.5 cm³/mol. The van der Waals surface area contributed by atoms with Crippen LogP contribution >= 0.6 is 0 Å². The molecule has 0 unspecified atom stereocenters. The third kappa shape index (κ3) is 2.30. The highest BCUT2D eigenvalue weighted by atomic mass is 16.6. The normalized spacial score (nSPS) is 23.0. The van der Waals surface area contributed by atoms with E-state index in [-0.39, 0.29) is 0 Å². The van der Waals surface area contributed by atoms with Gasteiger partial charge in [0, 0.05) is 13.2 Å². The molecular weight excluding hydrogens is 105 g/mol. The zero-order chi connectivity index (χ0) is 5.66. The molecule has 1 N–H and O–H groups in total. The van der Waals surface area contributed by atoms with Crippen LogP contribution in [0.2, 0.25) is 6.32 Å². The molecule has 1 saturated heterocycles. The zero-order valence-corrected chi connectivity index (χ0v) is 4.72. The maximum absolute atomic E-state index is 5.10. The minimum atomic E-state index is 0.744. The molecule has 4 heteroatoms. The third-order valence-electron chi connectivity index (χ3n) is 0.895. The lowest BCUT2D eigenvalue weighted by atomic mass is 9.97. The molecular formula is C4H9BNO2. The SMILES string of the molecule is [B]1CCOCCNO1. The van der Waals surface area contributed by atoms with Crippen molar-refractivity contribution >= 4 is 7.48 Å². The van der Waals surface area contributed by atoms with Crippen molar-refractivity contribution in [1.82, 2.24) is 5.48 Å². The minimum Gasteiger partial charge on any atom is -0.381 e. The van der Waals surface area contributed by atoms with Crippen molar-refractivity contribution in [1.29, 1.82) is 0 Å². The van der Waals surface area contributed by atoms with Crippen LogP contribution < -0.4 is 5.48 Å². The molecule has 1 aliphatic heterocycles. The molecule has 1 aliphatic rings. The van der Waals surface area contributed by atoms with Crippen molar-refractivity contribution in [3.63, 3.8) is 0 Å². The summed E-state index contributed by atoms with van der Waals surface area (Å²) in [5, 5.41) is 0. The second-order valence-electron chi connectivity index (χ2n) is 1.58. The molecule has 0 spiro atoms. The summed E-state index contributed by atoms with van der Waals surface area (Å²) >= 11 is 0. The maximum atomic E-state index is 5.10. The van der Waals surface area contributed by atoms with Gasteiger partial charge in [-0.3, -0.25) is 0 Å². The molecule has 3 nitrogen and oxygen atoms in total. The van der Waals surface area contributed by atoms with Crippen LogP contribution in [0.4, 0.5) is 0 Å². The van der Waals surface area contributed by atoms with E-state index in [1.807, 2.05) is 0 Å². The lowest BCUT2D eigenvalue weighted by Gasteiger charge is -2.09. The Morgan fingerprint density at radius 3 is 3.38 bits per heavy atom. The number of hydrogen-bond acceptors (Lipinski definition) is 3. The van der Waals surface area contributed by atoms with E-state index < -0.39 is 0 Å². The van der Waals surface area contributed by atoms with Crippen molar-refractivity contribution < 1.29 is 9.49 Å². The Bertz CT molecular complexity index is 38.0. The Labute approximate surface area is 49.6 Å². The molecule has 1 fully saturated rings. The van der Waals surface area contributed by atoms with Crippen molar-refractivity contribution in [2.45, 2.75) is 6.32 Å². The summed E-state index contributed by atoms with van der Waals surface area (Å²) in [5.41, 5.74) is 2.71. The van der Waals surface area contributed by atoms with Gasteiger partial charge in [0.25, 0.3) is 0 Å². The van der Waals surface area contributed by atoms with Crippen LogP contribution in [0.1, 0.15) is 0 Å². The first kappa shape index (κ1) is 6.07. The van der Waals surface area contributed by atoms with Crippen LogP contribution in [-0.2, 0) is 9.49 Å². The fourth-order valence-corrected chi connectivity index (χ4v) is 0.524. The highest BCUT2D eigenvalue weighted by molar-refractivity contribution is 6.26. The average molecular weight is 114 g/mol. The summed E-state index contributed by atoms with van der Waals surface area (Å²) in [7, 11) is 1.71. The van der Waals surface area contributed by atoms with E-state index in [1.165, 1.54) is 0 Å². The van der Waals surface area contributed by atoms with Gasteiger partial charge in [0.05, 0.1) is 6.61 Å². The van der Waals surface area contributed by atoms with E-state index in [2.05, 4.69) is 5.48 Å². The first-order valence-electron chi connectivity index (χ1n) is 2.78. The van der Waals surface area contributed by atoms with Crippen molar-refractivity contribution in [2.24, 2.45) is 0 Å². The van der Waals surface area contributed by atoms with E-state index >= 15 is 0 Å². The quantitative estimate of drug-likeness (QED) is 0.433. The Morgan fingerprint density at radius 1 is 1.38 bits per heavy atom. The first-order valence-corrected chi connectivity index (χ1v) is 2.78. The molecule has 0 aromatic rings. The summed E-state index contributed by atoms with van der Waals surface area (Å²) in [4.78, 5) is 0. The van der Waals surface area contributed by atoms with Crippen LogP contribution in [0.5, 0.6) is 0 Å². The topological polar surface area (TPSA) is 30.5 Å². The maximum Gasteiger partial charge on any atom is 0.326 e. The smallest absolute Gasteiger partial charge is 0.326 e. The molecule has 0 amide bonds. The summed E-state index contributed by atoms with van der Waals surface area (Å²) in [6.45, 7) is 2.30. The van der Waals surface area contributed by atoms with Gasteiger partial charge in [-0.2, -0.15) is 0 Å². The highest BCUT2D eigenvalue weighted by Crippen LogP contribution is 1.84. The molecule has 0 aromatic carbocycles. The van der Waals surface area contributed by atoms with Gasteiger partial charge < -0.3 is 9.49 Å². The Balaban J connectivity index is 2.00. The van der Waals surface area contributed by atoms with Crippen LogP contribution in [0.15, 0.2) is 0 Å². The fourth-order valence-electron chi connectivity index (χ4n) is 0.524. The number of hydrogen-bond donors (Lipinski definition) is 1. The van der Waals surface area contributed by atoms with Crippen molar-refractivity contribution in [3.05, 3.63) is 0 Å². The summed E-state index contributed by atoms with van der Waals surface area (Å²) in [5.74, 6) is 0. The molecule has 0 aromatic heterocycles. The van der Waals surface area contributed by atoms with Crippen LogP contribution in [0.3, 0.4) is 0 Å². The number of ether oxygens (including phenoxy) is 1. The van der Waals surface area contributed by atoms with Crippen LogP contribution in [0, 0.1) is 0 Å². The Morgan fingerprint density at radius 2 is 2.38 bits per heavy atom. The molecule has 0 saturated carbocycles. The largest absolute Gasteiger partial charge is 0.381 e. The van der Waals surface area contributed by atoms with Crippen LogP contribution in [-0.4, -0.2) is 27.2 Å². The summed E-state index contributed by atoms with van der Waals surface area (Å²) in [6, 6.07) is 0. The van der Waals surface area contributed by atoms with Gasteiger partial charge in [0.1, 0.15) is 0 Å². The average Bonchev–Trinajstić information content (AvgIpc) is 1.62. The van der Waals surface area contributed by atoms with E-state index in [0.29, 0.717) is 0 Å². The molecule has 45 valence electrons. The minimum absolute atomic E-state index is 0.744.